The van der Waals surface area contributed by atoms with Gasteiger partial charge >= 0.3 is 0 Å². The zero-order valence-corrected chi connectivity index (χ0v) is 12.5. The Bertz CT molecular complexity index is 387. The quantitative estimate of drug-likeness (QED) is 0.525. The number of hydrogen-bond acceptors (Lipinski definition) is 2. The third-order valence-electron chi connectivity index (χ3n) is 3.44. The zero-order chi connectivity index (χ0) is 14.1. The van der Waals surface area contributed by atoms with Crippen LogP contribution in [0.1, 0.15) is 49.8 Å². The maximum absolute atomic E-state index is 5.84. The lowest BCUT2D eigenvalue weighted by molar-refractivity contribution is 0.303. The molecule has 1 aromatic carbocycles. The van der Waals surface area contributed by atoms with Gasteiger partial charge in [0, 0.05) is 6.04 Å². The Morgan fingerprint density at radius 1 is 1.32 bits per heavy atom. The van der Waals surface area contributed by atoms with Gasteiger partial charge in [-0.2, -0.15) is 0 Å². The first-order valence-corrected chi connectivity index (χ1v) is 7.20. The van der Waals surface area contributed by atoms with Crippen LogP contribution in [0, 0.1) is 6.92 Å². The molecular weight excluding hydrogens is 234 g/mol. The van der Waals surface area contributed by atoms with Gasteiger partial charge in [0.25, 0.3) is 0 Å². The highest BCUT2D eigenvalue weighted by Gasteiger charge is 2.05. The van der Waals surface area contributed by atoms with E-state index in [1.54, 1.807) is 0 Å². The Morgan fingerprint density at radius 2 is 2.11 bits per heavy atom. The van der Waals surface area contributed by atoms with Gasteiger partial charge in [-0.05, 0) is 63.8 Å². The van der Waals surface area contributed by atoms with Crippen molar-refractivity contribution in [2.24, 2.45) is 0 Å². The van der Waals surface area contributed by atoms with Crippen molar-refractivity contribution in [3.63, 3.8) is 0 Å². The van der Waals surface area contributed by atoms with Crippen molar-refractivity contribution in [1.29, 1.82) is 0 Å². The molecule has 0 fully saturated rings. The van der Waals surface area contributed by atoms with E-state index in [1.807, 2.05) is 13.1 Å². The van der Waals surface area contributed by atoms with Crippen LogP contribution in [0.25, 0.3) is 0 Å². The van der Waals surface area contributed by atoms with Gasteiger partial charge in [-0.25, -0.2) is 0 Å². The fourth-order valence-corrected chi connectivity index (χ4v) is 2.02. The third kappa shape index (κ3) is 5.48. The number of nitrogens with one attached hydrogen (secondary N) is 1. The molecule has 0 aliphatic rings. The normalized spacial score (nSPS) is 12.2. The van der Waals surface area contributed by atoms with Crippen molar-refractivity contribution in [3.8, 4) is 5.75 Å². The Labute approximate surface area is 117 Å². The molecule has 0 bridgehead atoms. The standard InChI is InChI=1S/C17H27NO/c1-5-6-7-8-9-12-19-17-11-10-16(13-14(17)2)15(3)18-4/h5,10-11,13,15,18H,1,6-9,12H2,2-4H3. The summed E-state index contributed by atoms with van der Waals surface area (Å²) >= 11 is 0. The molecule has 0 heterocycles. The van der Waals surface area contributed by atoms with E-state index in [2.05, 4.69) is 43.9 Å². The lowest BCUT2D eigenvalue weighted by Crippen LogP contribution is -2.12. The molecule has 0 aromatic heterocycles. The van der Waals surface area contributed by atoms with Gasteiger partial charge in [-0.3, -0.25) is 0 Å². The van der Waals surface area contributed by atoms with Crippen LogP contribution >= 0.6 is 0 Å². The van der Waals surface area contributed by atoms with Gasteiger partial charge in [0.05, 0.1) is 6.61 Å². The summed E-state index contributed by atoms with van der Waals surface area (Å²) in [5.41, 5.74) is 2.52. The van der Waals surface area contributed by atoms with Crippen LogP contribution in [0.5, 0.6) is 5.75 Å². The van der Waals surface area contributed by atoms with Crippen molar-refractivity contribution >= 4 is 0 Å². The molecule has 0 spiro atoms. The van der Waals surface area contributed by atoms with Crippen LogP contribution in [0.15, 0.2) is 30.9 Å². The molecule has 0 aliphatic heterocycles. The van der Waals surface area contributed by atoms with Crippen molar-refractivity contribution in [2.45, 2.75) is 45.6 Å². The smallest absolute Gasteiger partial charge is 0.122 e. The molecule has 19 heavy (non-hydrogen) atoms. The van der Waals surface area contributed by atoms with Gasteiger partial charge in [-0.15, -0.1) is 6.58 Å². The molecule has 0 saturated carbocycles. The van der Waals surface area contributed by atoms with E-state index < -0.39 is 0 Å². The van der Waals surface area contributed by atoms with Gasteiger partial charge in [-0.1, -0.05) is 18.2 Å². The van der Waals surface area contributed by atoms with E-state index in [-0.39, 0.29) is 0 Å². The Balaban J connectivity index is 2.40. The van der Waals surface area contributed by atoms with Crippen LogP contribution < -0.4 is 10.1 Å². The van der Waals surface area contributed by atoms with Crippen LogP contribution in [0.4, 0.5) is 0 Å². The largest absolute Gasteiger partial charge is 0.493 e. The van der Waals surface area contributed by atoms with Crippen LogP contribution in [0.2, 0.25) is 0 Å². The van der Waals surface area contributed by atoms with E-state index in [4.69, 9.17) is 4.74 Å². The maximum Gasteiger partial charge on any atom is 0.122 e. The second kappa shape index (κ2) is 8.76. The molecule has 1 aromatic rings. The number of rotatable bonds is 9. The van der Waals surface area contributed by atoms with Crippen molar-refractivity contribution in [2.75, 3.05) is 13.7 Å². The number of unbranched alkanes of at least 4 members (excludes halogenated alkanes) is 3. The molecule has 0 radical (unpaired) electrons. The molecule has 0 saturated heterocycles. The topological polar surface area (TPSA) is 21.3 Å². The Hall–Kier alpha value is -1.28. The summed E-state index contributed by atoms with van der Waals surface area (Å²) in [5.74, 6) is 1.01. The van der Waals surface area contributed by atoms with Gasteiger partial charge in [0.2, 0.25) is 0 Å². The molecule has 0 aliphatic carbocycles. The minimum atomic E-state index is 0.381. The van der Waals surface area contributed by atoms with E-state index >= 15 is 0 Å². The van der Waals surface area contributed by atoms with Crippen LogP contribution in [0.3, 0.4) is 0 Å². The van der Waals surface area contributed by atoms with E-state index in [0.29, 0.717) is 6.04 Å². The van der Waals surface area contributed by atoms with E-state index in [0.717, 1.165) is 25.2 Å². The summed E-state index contributed by atoms with van der Waals surface area (Å²) in [7, 11) is 1.98. The highest BCUT2D eigenvalue weighted by Crippen LogP contribution is 2.22. The average molecular weight is 261 g/mol. The lowest BCUT2D eigenvalue weighted by atomic mass is 10.1. The number of hydrogen-bond donors (Lipinski definition) is 1. The fourth-order valence-electron chi connectivity index (χ4n) is 2.02. The second-order valence-electron chi connectivity index (χ2n) is 5.02. The lowest BCUT2D eigenvalue weighted by Gasteiger charge is -2.14. The second-order valence-corrected chi connectivity index (χ2v) is 5.02. The number of ether oxygens (including phenoxy) is 1. The molecule has 1 rings (SSSR count). The molecular formula is C17H27NO. The number of aryl methyl sites for hydroxylation is 1. The summed E-state index contributed by atoms with van der Waals surface area (Å²) in [5, 5.41) is 3.25. The van der Waals surface area contributed by atoms with Crippen LogP contribution in [-0.4, -0.2) is 13.7 Å². The monoisotopic (exact) mass is 261 g/mol. The number of allylic oxidation sites excluding steroid dienone is 1. The summed E-state index contributed by atoms with van der Waals surface area (Å²) in [6, 6.07) is 6.81. The SMILES string of the molecule is C=CCCCCCOc1ccc(C(C)NC)cc1C. The zero-order valence-electron chi connectivity index (χ0n) is 12.5. The minimum Gasteiger partial charge on any atom is -0.493 e. The molecule has 2 nitrogen and oxygen atoms in total. The van der Waals surface area contributed by atoms with Gasteiger partial charge in [0.1, 0.15) is 5.75 Å². The van der Waals surface area contributed by atoms with Crippen molar-refractivity contribution in [3.05, 3.63) is 42.0 Å². The summed E-state index contributed by atoms with van der Waals surface area (Å²) in [6.45, 7) is 8.81. The van der Waals surface area contributed by atoms with Crippen molar-refractivity contribution < 1.29 is 4.74 Å². The predicted molar refractivity (Wildman–Crippen MR) is 82.8 cm³/mol. The predicted octanol–water partition coefficient (Wildman–Crippen LogP) is 4.40. The highest BCUT2D eigenvalue weighted by atomic mass is 16.5. The van der Waals surface area contributed by atoms with Gasteiger partial charge < -0.3 is 10.1 Å². The van der Waals surface area contributed by atoms with Crippen molar-refractivity contribution in [1.82, 2.24) is 5.32 Å². The fraction of sp³-hybridized carbons (Fsp3) is 0.529. The van der Waals surface area contributed by atoms with Gasteiger partial charge in [0.15, 0.2) is 0 Å². The van der Waals surface area contributed by atoms with E-state index in [9.17, 15) is 0 Å². The molecule has 0 amide bonds. The maximum atomic E-state index is 5.84. The highest BCUT2D eigenvalue weighted by molar-refractivity contribution is 5.37. The molecule has 106 valence electrons. The van der Waals surface area contributed by atoms with E-state index in [1.165, 1.54) is 24.0 Å². The summed E-state index contributed by atoms with van der Waals surface area (Å²) in [4.78, 5) is 0. The first-order valence-electron chi connectivity index (χ1n) is 7.20. The minimum absolute atomic E-state index is 0.381. The summed E-state index contributed by atoms with van der Waals surface area (Å²) < 4.78 is 5.84. The van der Waals surface area contributed by atoms with Crippen LogP contribution in [-0.2, 0) is 0 Å². The molecule has 2 heteroatoms. The molecule has 1 atom stereocenters. The molecule has 1 N–H and O–H groups in total. The summed E-state index contributed by atoms with van der Waals surface area (Å²) in [6.07, 6.45) is 6.62. The molecule has 1 unspecified atom stereocenters. The first-order chi connectivity index (χ1) is 9.19. The first kappa shape index (κ1) is 15.8. The Morgan fingerprint density at radius 3 is 2.74 bits per heavy atom. The number of benzene rings is 1. The average Bonchev–Trinajstić information content (AvgIpc) is 2.43. The third-order valence-corrected chi connectivity index (χ3v) is 3.44. The Kier molecular flexibility index (Phi) is 7.27.